The number of carbonyl (C=O) groups excluding carboxylic acids is 2. The van der Waals surface area contributed by atoms with Crippen molar-refractivity contribution in [2.45, 2.75) is 12.8 Å². The van der Waals surface area contributed by atoms with Crippen molar-refractivity contribution >= 4 is 33.4 Å². The molecule has 2 N–H and O–H groups in total. The van der Waals surface area contributed by atoms with E-state index >= 15 is 0 Å². The lowest BCUT2D eigenvalue weighted by Gasteiger charge is -2.07. The summed E-state index contributed by atoms with van der Waals surface area (Å²) >= 11 is 3.34. The van der Waals surface area contributed by atoms with Crippen molar-refractivity contribution in [3.8, 4) is 5.75 Å². The summed E-state index contributed by atoms with van der Waals surface area (Å²) in [5.41, 5.74) is 1.29. The maximum absolute atomic E-state index is 12.0. The highest BCUT2D eigenvalue weighted by Crippen LogP contribution is 2.14. The van der Waals surface area contributed by atoms with E-state index in [9.17, 15) is 9.59 Å². The van der Waals surface area contributed by atoms with Crippen LogP contribution >= 0.6 is 15.9 Å². The minimum atomic E-state index is -0.179. The predicted molar refractivity (Wildman–Crippen MR) is 97.3 cm³/mol. The zero-order valence-corrected chi connectivity index (χ0v) is 14.9. The normalized spacial score (nSPS) is 10.1. The maximum atomic E-state index is 12.0. The average molecular weight is 391 g/mol. The second kappa shape index (κ2) is 9.08. The van der Waals surface area contributed by atoms with E-state index < -0.39 is 0 Å². The summed E-state index contributed by atoms with van der Waals surface area (Å²) in [6, 6.07) is 14.3. The van der Waals surface area contributed by atoms with Crippen molar-refractivity contribution in [1.82, 2.24) is 5.32 Å². The van der Waals surface area contributed by atoms with E-state index in [1.165, 1.54) is 0 Å². The Morgan fingerprint density at radius 1 is 1.12 bits per heavy atom. The van der Waals surface area contributed by atoms with Crippen molar-refractivity contribution in [3.63, 3.8) is 0 Å². The Morgan fingerprint density at radius 2 is 1.88 bits per heavy atom. The van der Waals surface area contributed by atoms with Gasteiger partial charge in [-0.15, -0.1) is 0 Å². The lowest BCUT2D eigenvalue weighted by Crippen LogP contribution is -2.25. The first kappa shape index (κ1) is 18.0. The largest absolute Gasteiger partial charge is 0.497 e. The van der Waals surface area contributed by atoms with Crippen molar-refractivity contribution in [1.29, 1.82) is 0 Å². The van der Waals surface area contributed by atoms with E-state index in [1.807, 2.05) is 24.3 Å². The van der Waals surface area contributed by atoms with Crippen LogP contribution in [0.25, 0.3) is 0 Å². The highest BCUT2D eigenvalue weighted by atomic mass is 79.9. The predicted octanol–water partition coefficient (Wildman–Crippen LogP) is 3.61. The fourth-order valence-electron chi connectivity index (χ4n) is 2.07. The van der Waals surface area contributed by atoms with Crippen molar-refractivity contribution in [3.05, 3.63) is 58.6 Å². The van der Waals surface area contributed by atoms with Crippen molar-refractivity contribution < 1.29 is 14.3 Å². The lowest BCUT2D eigenvalue weighted by molar-refractivity contribution is -0.116. The molecule has 0 fully saturated rings. The van der Waals surface area contributed by atoms with Gasteiger partial charge in [-0.2, -0.15) is 0 Å². The van der Waals surface area contributed by atoms with Crippen LogP contribution in [0, 0.1) is 0 Å². The summed E-state index contributed by atoms with van der Waals surface area (Å²) < 4.78 is 6.05. The summed E-state index contributed by atoms with van der Waals surface area (Å²) in [6.45, 7) is 0.434. The second-order valence-electron chi connectivity index (χ2n) is 5.15. The Balaban J connectivity index is 1.71. The van der Waals surface area contributed by atoms with Gasteiger partial charge < -0.3 is 15.4 Å². The molecule has 0 aliphatic heterocycles. The number of methoxy groups -OCH3 is 1. The minimum Gasteiger partial charge on any atom is -0.497 e. The molecule has 0 saturated heterocycles. The van der Waals surface area contributed by atoms with Gasteiger partial charge in [0, 0.05) is 28.7 Å². The molecule has 0 spiro atoms. The Labute approximate surface area is 149 Å². The molecule has 6 heteroatoms. The van der Waals surface area contributed by atoms with Crippen LogP contribution in [0.3, 0.4) is 0 Å². The van der Waals surface area contributed by atoms with Crippen LogP contribution in [-0.2, 0) is 4.79 Å². The van der Waals surface area contributed by atoms with Gasteiger partial charge in [0.2, 0.25) is 5.91 Å². The molecule has 0 atom stereocenters. The number of benzene rings is 2. The zero-order chi connectivity index (χ0) is 17.4. The summed E-state index contributed by atoms with van der Waals surface area (Å²) in [5, 5.41) is 5.61. The third kappa shape index (κ3) is 5.70. The third-order valence-electron chi connectivity index (χ3n) is 3.33. The molecule has 2 amide bonds. The molecule has 2 aromatic rings. The standard InChI is InChI=1S/C18H19BrN2O3/c1-24-16-5-2-4-13(12-16)18(23)20-11-3-6-17(22)21-15-9-7-14(19)8-10-15/h2,4-5,7-10,12H,3,6,11H2,1H3,(H,20,23)(H,21,22). The number of halogens is 1. The molecule has 0 radical (unpaired) electrons. The molecule has 0 unspecified atom stereocenters. The first-order valence-corrected chi connectivity index (χ1v) is 8.35. The number of amides is 2. The summed E-state index contributed by atoms with van der Waals surface area (Å²) in [5.74, 6) is 0.381. The number of rotatable bonds is 7. The van der Waals surface area contributed by atoms with Gasteiger partial charge in [0.1, 0.15) is 5.75 Å². The zero-order valence-electron chi connectivity index (χ0n) is 13.3. The summed E-state index contributed by atoms with van der Waals surface area (Å²) in [4.78, 5) is 23.9. The van der Waals surface area contributed by atoms with Crippen LogP contribution in [0.15, 0.2) is 53.0 Å². The molecule has 5 nitrogen and oxygen atoms in total. The molecule has 24 heavy (non-hydrogen) atoms. The molecule has 0 aliphatic rings. The molecule has 0 saturated carbocycles. The number of hydrogen-bond acceptors (Lipinski definition) is 3. The van der Waals surface area contributed by atoms with E-state index in [4.69, 9.17) is 4.74 Å². The molecule has 2 aromatic carbocycles. The van der Waals surface area contributed by atoms with E-state index in [1.54, 1.807) is 31.4 Å². The molecular formula is C18H19BrN2O3. The van der Waals surface area contributed by atoms with Gasteiger partial charge in [-0.25, -0.2) is 0 Å². The number of carbonyl (C=O) groups is 2. The Hall–Kier alpha value is -2.34. The topological polar surface area (TPSA) is 67.4 Å². The summed E-state index contributed by atoms with van der Waals surface area (Å²) in [7, 11) is 1.56. The highest BCUT2D eigenvalue weighted by molar-refractivity contribution is 9.10. The first-order chi connectivity index (χ1) is 11.6. The highest BCUT2D eigenvalue weighted by Gasteiger charge is 2.07. The van der Waals surface area contributed by atoms with Gasteiger partial charge in [-0.1, -0.05) is 22.0 Å². The van der Waals surface area contributed by atoms with Crippen LogP contribution in [0.5, 0.6) is 5.75 Å². The molecular weight excluding hydrogens is 372 g/mol. The average Bonchev–Trinajstić information content (AvgIpc) is 2.60. The van der Waals surface area contributed by atoms with Crippen LogP contribution < -0.4 is 15.4 Å². The van der Waals surface area contributed by atoms with Crippen molar-refractivity contribution in [2.75, 3.05) is 19.0 Å². The SMILES string of the molecule is COc1cccc(C(=O)NCCCC(=O)Nc2ccc(Br)cc2)c1. The van der Waals surface area contributed by atoms with E-state index in [0.717, 1.165) is 10.2 Å². The van der Waals surface area contributed by atoms with Gasteiger partial charge in [0.25, 0.3) is 5.91 Å². The number of anilines is 1. The monoisotopic (exact) mass is 390 g/mol. The summed E-state index contributed by atoms with van der Waals surface area (Å²) in [6.07, 6.45) is 0.909. The van der Waals surface area contributed by atoms with E-state index in [0.29, 0.717) is 30.7 Å². The van der Waals surface area contributed by atoms with Crippen LogP contribution in [0.4, 0.5) is 5.69 Å². The maximum Gasteiger partial charge on any atom is 0.251 e. The van der Waals surface area contributed by atoms with Gasteiger partial charge >= 0.3 is 0 Å². The molecule has 0 aromatic heterocycles. The van der Waals surface area contributed by atoms with Gasteiger partial charge in [-0.3, -0.25) is 9.59 Å². The molecule has 0 heterocycles. The van der Waals surface area contributed by atoms with Gasteiger partial charge in [0.05, 0.1) is 7.11 Å². The molecule has 0 aliphatic carbocycles. The number of nitrogens with one attached hydrogen (secondary N) is 2. The van der Waals surface area contributed by atoms with Crippen LogP contribution in [0.2, 0.25) is 0 Å². The first-order valence-electron chi connectivity index (χ1n) is 7.56. The third-order valence-corrected chi connectivity index (χ3v) is 3.85. The van der Waals surface area contributed by atoms with Gasteiger partial charge in [0.15, 0.2) is 0 Å². The van der Waals surface area contributed by atoms with Crippen molar-refractivity contribution in [2.24, 2.45) is 0 Å². The van der Waals surface area contributed by atoms with Crippen LogP contribution in [-0.4, -0.2) is 25.5 Å². The lowest BCUT2D eigenvalue weighted by atomic mass is 10.2. The van der Waals surface area contributed by atoms with E-state index in [2.05, 4.69) is 26.6 Å². The smallest absolute Gasteiger partial charge is 0.251 e. The fraction of sp³-hybridized carbons (Fsp3) is 0.222. The fourth-order valence-corrected chi connectivity index (χ4v) is 2.34. The second-order valence-corrected chi connectivity index (χ2v) is 6.06. The van der Waals surface area contributed by atoms with Crippen LogP contribution in [0.1, 0.15) is 23.2 Å². The Bertz CT molecular complexity index is 702. The Morgan fingerprint density at radius 3 is 2.58 bits per heavy atom. The number of ether oxygens (including phenoxy) is 1. The Kier molecular flexibility index (Phi) is 6.81. The molecule has 0 bridgehead atoms. The molecule has 126 valence electrons. The number of hydrogen-bond donors (Lipinski definition) is 2. The van der Waals surface area contributed by atoms with E-state index in [-0.39, 0.29) is 11.8 Å². The van der Waals surface area contributed by atoms with Gasteiger partial charge in [-0.05, 0) is 48.9 Å². The quantitative estimate of drug-likeness (QED) is 0.709. The molecule has 2 rings (SSSR count). The minimum absolute atomic E-state index is 0.0760.